The van der Waals surface area contributed by atoms with E-state index in [-0.39, 0.29) is 17.9 Å². The van der Waals surface area contributed by atoms with Crippen LogP contribution < -0.4 is 0 Å². The van der Waals surface area contributed by atoms with Crippen molar-refractivity contribution in [3.63, 3.8) is 0 Å². The van der Waals surface area contributed by atoms with Crippen molar-refractivity contribution in [2.24, 2.45) is 0 Å². The van der Waals surface area contributed by atoms with E-state index in [1.54, 1.807) is 24.1 Å². The summed E-state index contributed by atoms with van der Waals surface area (Å²) in [5.41, 5.74) is -0.721. The molecule has 4 nitrogen and oxygen atoms in total. The fourth-order valence-corrected chi connectivity index (χ4v) is 2.49. The Morgan fingerprint density at radius 1 is 1.40 bits per heavy atom. The molecule has 0 aromatic heterocycles. The van der Waals surface area contributed by atoms with Gasteiger partial charge in [0.25, 0.3) is 0 Å². The molecule has 110 valence electrons. The number of aliphatic hydroxyl groups is 1. The first-order valence-corrected chi connectivity index (χ1v) is 6.77. The molecule has 0 saturated carbocycles. The number of carbonyl (C=O) groups excluding carboxylic acids is 1. The van der Waals surface area contributed by atoms with Crippen molar-refractivity contribution in [1.29, 1.82) is 0 Å². The van der Waals surface area contributed by atoms with E-state index in [2.05, 4.69) is 0 Å². The topological polar surface area (TPSA) is 49.8 Å². The van der Waals surface area contributed by atoms with E-state index in [0.717, 1.165) is 0 Å². The van der Waals surface area contributed by atoms with Crippen molar-refractivity contribution in [2.75, 3.05) is 33.4 Å². The van der Waals surface area contributed by atoms with Gasteiger partial charge in [0.05, 0.1) is 17.7 Å². The van der Waals surface area contributed by atoms with Gasteiger partial charge in [0.2, 0.25) is 0 Å². The van der Waals surface area contributed by atoms with Crippen LogP contribution in [0.15, 0.2) is 24.3 Å². The quantitative estimate of drug-likeness (QED) is 0.831. The molecule has 1 saturated heterocycles. The summed E-state index contributed by atoms with van der Waals surface area (Å²) in [4.78, 5) is 13.8. The van der Waals surface area contributed by atoms with Gasteiger partial charge in [-0.05, 0) is 19.2 Å². The number of carbonyl (C=O) groups is 1. The van der Waals surface area contributed by atoms with Crippen LogP contribution in [0.5, 0.6) is 0 Å². The molecule has 0 radical (unpaired) electrons. The van der Waals surface area contributed by atoms with Crippen molar-refractivity contribution in [1.82, 2.24) is 4.90 Å². The van der Waals surface area contributed by atoms with Crippen molar-refractivity contribution in [3.8, 4) is 0 Å². The van der Waals surface area contributed by atoms with E-state index < -0.39 is 11.4 Å². The van der Waals surface area contributed by atoms with Gasteiger partial charge in [0, 0.05) is 32.6 Å². The molecule has 5 heteroatoms. The number of ketones is 1. The summed E-state index contributed by atoms with van der Waals surface area (Å²) >= 11 is 0. The van der Waals surface area contributed by atoms with Crippen LogP contribution in [0.25, 0.3) is 0 Å². The number of hydrogen-bond donors (Lipinski definition) is 1. The summed E-state index contributed by atoms with van der Waals surface area (Å²) < 4.78 is 18.7. The third-order valence-electron chi connectivity index (χ3n) is 3.58. The molecule has 1 fully saturated rings. The molecule has 0 spiro atoms. The van der Waals surface area contributed by atoms with Crippen LogP contribution in [0, 0.1) is 5.82 Å². The maximum Gasteiger partial charge on any atom is 0.179 e. The molecule has 1 aliphatic rings. The van der Waals surface area contributed by atoms with Crippen molar-refractivity contribution >= 4 is 5.78 Å². The second kappa shape index (κ2) is 6.43. The summed E-state index contributed by atoms with van der Waals surface area (Å²) in [5, 5.41) is 10.4. The van der Waals surface area contributed by atoms with Gasteiger partial charge in [-0.1, -0.05) is 12.1 Å². The van der Waals surface area contributed by atoms with Crippen LogP contribution in [0.3, 0.4) is 0 Å². The summed E-state index contributed by atoms with van der Waals surface area (Å²) in [6, 6.07) is 5.96. The number of rotatable bonds is 5. The van der Waals surface area contributed by atoms with Gasteiger partial charge in [0.1, 0.15) is 5.82 Å². The number of nitrogens with zero attached hydrogens (tertiary/aromatic N) is 1. The molecule has 0 atom stereocenters. The van der Waals surface area contributed by atoms with Crippen molar-refractivity contribution in [2.45, 2.75) is 18.4 Å². The Bertz CT molecular complexity index is 472. The molecule has 1 heterocycles. The van der Waals surface area contributed by atoms with Gasteiger partial charge in [0.15, 0.2) is 5.78 Å². The maximum absolute atomic E-state index is 13.5. The first-order valence-electron chi connectivity index (χ1n) is 6.77. The van der Waals surface area contributed by atoms with Crippen molar-refractivity contribution < 1.29 is 19.0 Å². The second-order valence-electron chi connectivity index (χ2n) is 5.41. The minimum absolute atomic E-state index is 0.0874. The summed E-state index contributed by atoms with van der Waals surface area (Å²) in [6.45, 7) is 1.54. The normalized spacial score (nSPS) is 18.2. The van der Waals surface area contributed by atoms with E-state index in [4.69, 9.17) is 4.74 Å². The Kier molecular flexibility index (Phi) is 4.86. The molecule has 20 heavy (non-hydrogen) atoms. The van der Waals surface area contributed by atoms with Crippen LogP contribution in [0.1, 0.15) is 23.2 Å². The number of halogens is 1. The predicted molar refractivity (Wildman–Crippen MR) is 73.2 cm³/mol. The zero-order chi connectivity index (χ0) is 14.6. The van der Waals surface area contributed by atoms with Crippen LogP contribution in [-0.2, 0) is 4.74 Å². The lowest BCUT2D eigenvalue weighted by Crippen LogP contribution is -2.46. The fraction of sp³-hybridized carbons (Fsp3) is 0.533. The summed E-state index contributed by atoms with van der Waals surface area (Å²) in [6.07, 6.45) is 1.12. The largest absolute Gasteiger partial charge is 0.388 e. The molecule has 1 aromatic rings. The lowest BCUT2D eigenvalue weighted by Gasteiger charge is -2.35. The van der Waals surface area contributed by atoms with Gasteiger partial charge in [-0.2, -0.15) is 0 Å². The van der Waals surface area contributed by atoms with Gasteiger partial charge in [-0.15, -0.1) is 0 Å². The van der Waals surface area contributed by atoms with Gasteiger partial charge < -0.3 is 9.84 Å². The Labute approximate surface area is 118 Å². The third-order valence-corrected chi connectivity index (χ3v) is 3.58. The molecule has 0 unspecified atom stereocenters. The van der Waals surface area contributed by atoms with E-state index in [9.17, 15) is 14.3 Å². The molecule has 0 aliphatic carbocycles. The lowest BCUT2D eigenvalue weighted by atomic mass is 9.94. The van der Waals surface area contributed by atoms with E-state index >= 15 is 0 Å². The summed E-state index contributed by atoms with van der Waals surface area (Å²) in [7, 11) is 1.76. The molecular weight excluding hydrogens is 261 g/mol. The lowest BCUT2D eigenvalue weighted by molar-refractivity contribution is -0.0758. The molecule has 1 aliphatic heterocycles. The van der Waals surface area contributed by atoms with Crippen LogP contribution in [-0.4, -0.2) is 54.7 Å². The predicted octanol–water partition coefficient (Wildman–Crippen LogP) is 1.48. The zero-order valence-electron chi connectivity index (χ0n) is 11.6. The molecule has 2 rings (SSSR count). The maximum atomic E-state index is 13.5. The first kappa shape index (κ1) is 15.1. The number of hydrogen-bond acceptors (Lipinski definition) is 4. The minimum Gasteiger partial charge on any atom is -0.388 e. The highest BCUT2D eigenvalue weighted by Crippen LogP contribution is 2.21. The standard InChI is InChI=1S/C15H20FNO3/c1-17(11-15(19)6-8-20-9-7-15)10-14(18)12-4-2-3-5-13(12)16/h2-5,19H,6-11H2,1H3. The second-order valence-corrected chi connectivity index (χ2v) is 5.41. The van der Waals surface area contributed by atoms with E-state index in [1.165, 1.54) is 12.1 Å². The van der Waals surface area contributed by atoms with Gasteiger partial charge in [-0.3, -0.25) is 9.69 Å². The highest BCUT2D eigenvalue weighted by molar-refractivity contribution is 5.97. The Morgan fingerprint density at radius 3 is 2.70 bits per heavy atom. The molecule has 0 bridgehead atoms. The number of likely N-dealkylation sites (N-methyl/N-ethyl adjacent to an activating group) is 1. The van der Waals surface area contributed by atoms with Crippen LogP contribution in [0.2, 0.25) is 0 Å². The Morgan fingerprint density at radius 2 is 2.05 bits per heavy atom. The SMILES string of the molecule is CN(CC(=O)c1ccccc1F)CC1(O)CCOCC1. The number of benzene rings is 1. The number of ether oxygens (including phenoxy) is 1. The highest BCUT2D eigenvalue weighted by atomic mass is 19.1. The smallest absolute Gasteiger partial charge is 0.179 e. The monoisotopic (exact) mass is 281 g/mol. The first-order chi connectivity index (χ1) is 9.50. The van der Waals surface area contributed by atoms with Crippen LogP contribution >= 0.6 is 0 Å². The van der Waals surface area contributed by atoms with Crippen LogP contribution in [0.4, 0.5) is 4.39 Å². The van der Waals surface area contributed by atoms with E-state index in [0.29, 0.717) is 32.6 Å². The Hall–Kier alpha value is -1.30. The fourth-order valence-electron chi connectivity index (χ4n) is 2.49. The number of Topliss-reactive ketones (excluding diaryl/α,β-unsaturated/α-hetero) is 1. The molecule has 1 aromatic carbocycles. The van der Waals surface area contributed by atoms with Gasteiger partial charge in [-0.25, -0.2) is 4.39 Å². The molecular formula is C15H20FNO3. The highest BCUT2D eigenvalue weighted by Gasteiger charge is 2.31. The average Bonchev–Trinajstić information content (AvgIpc) is 2.39. The minimum atomic E-state index is -0.817. The van der Waals surface area contributed by atoms with Crippen molar-refractivity contribution in [3.05, 3.63) is 35.6 Å². The van der Waals surface area contributed by atoms with Gasteiger partial charge >= 0.3 is 0 Å². The zero-order valence-corrected chi connectivity index (χ0v) is 11.6. The van der Waals surface area contributed by atoms with E-state index in [1.807, 2.05) is 0 Å². The third kappa shape index (κ3) is 3.85. The molecule has 1 N–H and O–H groups in total. The Balaban J connectivity index is 1.92. The summed E-state index contributed by atoms with van der Waals surface area (Å²) in [5.74, 6) is -0.781. The average molecular weight is 281 g/mol. The molecule has 0 amide bonds.